The summed E-state index contributed by atoms with van der Waals surface area (Å²) in [5.41, 5.74) is 2.67. The maximum absolute atomic E-state index is 5.61. The van der Waals surface area contributed by atoms with Crippen molar-refractivity contribution in [3.05, 3.63) is 47.9 Å². The average Bonchev–Trinajstić information content (AvgIpc) is 3.05. The molecule has 4 heteroatoms. The highest BCUT2D eigenvalue weighted by molar-refractivity contribution is 5.79. The highest BCUT2D eigenvalue weighted by atomic mass is 16.4. The van der Waals surface area contributed by atoms with Gasteiger partial charge in [0.05, 0.1) is 6.26 Å². The zero-order valence-corrected chi connectivity index (χ0v) is 10.6. The van der Waals surface area contributed by atoms with Crippen LogP contribution in [0.3, 0.4) is 0 Å². The Morgan fingerprint density at radius 1 is 1.26 bits per heavy atom. The highest BCUT2D eigenvalue weighted by Crippen LogP contribution is 2.21. The zero-order valence-electron chi connectivity index (χ0n) is 10.6. The van der Waals surface area contributed by atoms with Gasteiger partial charge in [0.15, 0.2) is 5.58 Å². The van der Waals surface area contributed by atoms with Gasteiger partial charge in [-0.25, -0.2) is 0 Å². The van der Waals surface area contributed by atoms with Crippen LogP contribution in [0.4, 0.5) is 6.01 Å². The van der Waals surface area contributed by atoms with Crippen molar-refractivity contribution >= 4 is 29.3 Å². The van der Waals surface area contributed by atoms with Gasteiger partial charge in [0, 0.05) is 6.54 Å². The molecule has 0 saturated heterocycles. The van der Waals surface area contributed by atoms with E-state index < -0.39 is 0 Å². The maximum Gasteiger partial charge on any atom is 0.295 e. The predicted molar refractivity (Wildman–Crippen MR) is 75.8 cm³/mol. The van der Waals surface area contributed by atoms with Gasteiger partial charge in [-0.05, 0) is 42.8 Å². The largest absolute Gasteiger partial charge is 0.465 e. The molecule has 96 valence electrons. The maximum atomic E-state index is 5.61. The van der Waals surface area contributed by atoms with Crippen LogP contribution in [0.5, 0.6) is 0 Å². The predicted octanol–water partition coefficient (Wildman–Crippen LogP) is 4.02. The average molecular weight is 254 g/mol. The molecule has 0 aliphatic heterocycles. The van der Waals surface area contributed by atoms with E-state index in [1.54, 1.807) is 6.26 Å². The number of nitrogens with zero attached hydrogens (tertiary/aromatic N) is 1. The Morgan fingerprint density at radius 2 is 2.21 bits per heavy atom. The molecular weight excluding hydrogens is 240 g/mol. The van der Waals surface area contributed by atoms with Crippen LogP contribution < -0.4 is 5.32 Å². The van der Waals surface area contributed by atoms with Crippen molar-refractivity contribution in [2.45, 2.75) is 6.92 Å². The summed E-state index contributed by atoms with van der Waals surface area (Å²) in [4.78, 5) is 4.33. The monoisotopic (exact) mass is 254 g/mol. The molecule has 0 radical (unpaired) electrons. The number of fused-ring (bicyclic) bond motifs is 1. The molecule has 0 amide bonds. The first kappa shape index (κ1) is 11.6. The summed E-state index contributed by atoms with van der Waals surface area (Å²) in [6.07, 6.45) is 5.55. The molecule has 1 N–H and O–H groups in total. The quantitative estimate of drug-likeness (QED) is 0.763. The van der Waals surface area contributed by atoms with Crippen LogP contribution in [-0.4, -0.2) is 11.5 Å². The van der Waals surface area contributed by atoms with E-state index >= 15 is 0 Å². The van der Waals surface area contributed by atoms with Gasteiger partial charge >= 0.3 is 0 Å². The second-order valence-corrected chi connectivity index (χ2v) is 4.13. The summed E-state index contributed by atoms with van der Waals surface area (Å²) in [5.74, 6) is 0.825. The van der Waals surface area contributed by atoms with E-state index in [9.17, 15) is 0 Å². The molecule has 0 aliphatic carbocycles. The van der Waals surface area contributed by atoms with E-state index in [1.165, 1.54) is 0 Å². The third-order valence-corrected chi connectivity index (χ3v) is 2.72. The second-order valence-electron chi connectivity index (χ2n) is 4.13. The summed E-state index contributed by atoms with van der Waals surface area (Å²) in [6, 6.07) is 10.2. The summed E-state index contributed by atoms with van der Waals surface area (Å²) >= 11 is 0. The molecule has 0 bridgehead atoms. The van der Waals surface area contributed by atoms with E-state index in [4.69, 9.17) is 8.83 Å². The molecule has 0 aliphatic rings. The van der Waals surface area contributed by atoms with Crippen molar-refractivity contribution in [1.29, 1.82) is 0 Å². The van der Waals surface area contributed by atoms with Crippen molar-refractivity contribution in [3.63, 3.8) is 0 Å². The number of hydrogen-bond donors (Lipinski definition) is 1. The van der Waals surface area contributed by atoms with Crippen molar-refractivity contribution in [2.75, 3.05) is 11.9 Å². The number of hydrogen-bond acceptors (Lipinski definition) is 4. The first-order valence-corrected chi connectivity index (χ1v) is 6.21. The molecule has 3 rings (SSSR count). The molecule has 0 unspecified atom stereocenters. The van der Waals surface area contributed by atoms with E-state index in [2.05, 4.69) is 10.3 Å². The molecule has 0 spiro atoms. The molecule has 0 fully saturated rings. The van der Waals surface area contributed by atoms with E-state index in [0.29, 0.717) is 6.01 Å². The van der Waals surface area contributed by atoms with E-state index in [-0.39, 0.29) is 0 Å². The first-order valence-electron chi connectivity index (χ1n) is 6.21. The van der Waals surface area contributed by atoms with Crippen LogP contribution >= 0.6 is 0 Å². The second kappa shape index (κ2) is 5.02. The molecule has 0 saturated carbocycles. The first-order chi connectivity index (χ1) is 9.35. The molecule has 2 aromatic heterocycles. The highest BCUT2D eigenvalue weighted by Gasteiger charge is 2.04. The number of aromatic nitrogens is 1. The SMILES string of the molecule is CCNc1nc2ccc(/C=C/c3ccco3)cc2o1. The lowest BCUT2D eigenvalue weighted by Crippen LogP contribution is -1.95. The van der Waals surface area contributed by atoms with Gasteiger partial charge in [0.2, 0.25) is 0 Å². The molecule has 0 atom stereocenters. The summed E-state index contributed by atoms with van der Waals surface area (Å²) in [5, 5.41) is 3.06. The third-order valence-electron chi connectivity index (χ3n) is 2.72. The Morgan fingerprint density at radius 3 is 3.00 bits per heavy atom. The Bertz CT molecular complexity index is 696. The molecule has 4 nitrogen and oxygen atoms in total. The number of benzene rings is 1. The summed E-state index contributed by atoms with van der Waals surface area (Å²) < 4.78 is 10.9. The number of anilines is 1. The van der Waals surface area contributed by atoms with Crippen molar-refractivity contribution in [2.24, 2.45) is 0 Å². The summed E-state index contributed by atoms with van der Waals surface area (Å²) in [6.45, 7) is 2.80. The van der Waals surface area contributed by atoms with Gasteiger partial charge in [-0.1, -0.05) is 12.1 Å². The molecular formula is C15H14N2O2. The minimum Gasteiger partial charge on any atom is -0.465 e. The van der Waals surface area contributed by atoms with Gasteiger partial charge < -0.3 is 14.2 Å². The van der Waals surface area contributed by atoms with Crippen molar-refractivity contribution in [3.8, 4) is 0 Å². The van der Waals surface area contributed by atoms with Crippen molar-refractivity contribution < 1.29 is 8.83 Å². The normalized spacial score (nSPS) is 11.4. The number of oxazole rings is 1. The number of nitrogens with one attached hydrogen (secondary N) is 1. The van der Waals surface area contributed by atoms with Crippen LogP contribution in [0.2, 0.25) is 0 Å². The lowest BCUT2D eigenvalue weighted by molar-refractivity contribution is 0.557. The Balaban J connectivity index is 1.88. The lowest BCUT2D eigenvalue weighted by atomic mass is 10.2. The zero-order chi connectivity index (χ0) is 13.1. The van der Waals surface area contributed by atoms with Crippen LogP contribution in [0.1, 0.15) is 18.2 Å². The fraction of sp³-hybridized carbons (Fsp3) is 0.133. The molecule has 1 aromatic carbocycles. The molecule has 19 heavy (non-hydrogen) atoms. The Kier molecular flexibility index (Phi) is 3.06. The third kappa shape index (κ3) is 2.52. The topological polar surface area (TPSA) is 51.2 Å². The van der Waals surface area contributed by atoms with Gasteiger partial charge in [0.1, 0.15) is 11.3 Å². The van der Waals surface area contributed by atoms with Crippen LogP contribution in [0, 0.1) is 0 Å². The lowest BCUT2D eigenvalue weighted by Gasteiger charge is -1.92. The minimum atomic E-state index is 0.560. The Hall–Kier alpha value is -2.49. The molecule has 2 heterocycles. The van der Waals surface area contributed by atoms with Crippen LogP contribution in [0.15, 0.2) is 45.4 Å². The standard InChI is InChI=1S/C15H14N2O2/c1-2-16-15-17-13-8-6-11(10-14(13)19-15)5-7-12-4-3-9-18-12/h3-10H,2H2,1H3,(H,16,17)/b7-5+. The minimum absolute atomic E-state index is 0.560. The van der Waals surface area contributed by atoms with Crippen LogP contribution in [0.25, 0.3) is 23.3 Å². The van der Waals surface area contributed by atoms with E-state index in [0.717, 1.165) is 29.0 Å². The van der Waals surface area contributed by atoms with Gasteiger partial charge in [-0.15, -0.1) is 0 Å². The van der Waals surface area contributed by atoms with Gasteiger partial charge in [-0.2, -0.15) is 4.98 Å². The number of furan rings is 1. The molecule has 3 aromatic rings. The summed E-state index contributed by atoms with van der Waals surface area (Å²) in [7, 11) is 0. The van der Waals surface area contributed by atoms with Crippen LogP contribution in [-0.2, 0) is 0 Å². The smallest absolute Gasteiger partial charge is 0.295 e. The fourth-order valence-electron chi connectivity index (χ4n) is 1.84. The fourth-order valence-corrected chi connectivity index (χ4v) is 1.84. The Labute approximate surface area is 110 Å². The van der Waals surface area contributed by atoms with Gasteiger partial charge in [0.25, 0.3) is 6.01 Å². The number of rotatable bonds is 4. The van der Waals surface area contributed by atoms with E-state index in [1.807, 2.05) is 49.4 Å². The van der Waals surface area contributed by atoms with Crippen molar-refractivity contribution in [1.82, 2.24) is 4.98 Å². The van der Waals surface area contributed by atoms with Gasteiger partial charge in [-0.3, -0.25) is 0 Å².